The molecule has 1 aromatic rings. The Morgan fingerprint density at radius 3 is 2.48 bits per heavy atom. The molecule has 1 N–H and O–H groups in total. The summed E-state index contributed by atoms with van der Waals surface area (Å²) in [5.41, 5.74) is 3.00. The minimum Gasteiger partial charge on any atom is -0.294 e. The second-order valence-electron chi connectivity index (χ2n) is 6.37. The van der Waals surface area contributed by atoms with Crippen molar-refractivity contribution in [2.24, 2.45) is 0 Å². The van der Waals surface area contributed by atoms with Gasteiger partial charge in [-0.25, -0.2) is 4.57 Å². The summed E-state index contributed by atoms with van der Waals surface area (Å²) in [6, 6.07) is 5.51. The Balaban J connectivity index is 2.82. The molecule has 0 radical (unpaired) electrons. The lowest BCUT2D eigenvalue weighted by Crippen LogP contribution is -2.41. The molecular weight excluding hydrogens is 381 g/mol. The average molecular weight is 408 g/mol. The van der Waals surface area contributed by atoms with E-state index in [1.165, 1.54) is 0 Å². The topological polar surface area (TPSA) is 73.9 Å². The summed E-state index contributed by atoms with van der Waals surface area (Å²) in [6.07, 6.45) is 0.0355. The lowest BCUT2D eigenvalue weighted by Gasteiger charge is -2.21. The fourth-order valence-electron chi connectivity index (χ4n) is 2.20. The number of benzene rings is 1. The Hall–Kier alpha value is -0.533. The zero-order chi connectivity index (χ0) is 19.1. The third-order valence-electron chi connectivity index (χ3n) is 3.29. The summed E-state index contributed by atoms with van der Waals surface area (Å²) in [7, 11) is -5.47. The fourth-order valence-corrected chi connectivity index (χ4v) is 5.28. The summed E-state index contributed by atoms with van der Waals surface area (Å²) < 4.78 is 27.5. The molecule has 0 saturated heterocycles. The van der Waals surface area contributed by atoms with E-state index >= 15 is 0 Å². The van der Waals surface area contributed by atoms with Gasteiger partial charge < -0.3 is 0 Å². The van der Waals surface area contributed by atoms with Crippen molar-refractivity contribution >= 4 is 38.5 Å². The normalized spacial score (nSPS) is 14.3. The van der Waals surface area contributed by atoms with Crippen LogP contribution in [0, 0.1) is 0 Å². The first-order chi connectivity index (χ1) is 11.6. The van der Waals surface area contributed by atoms with Crippen molar-refractivity contribution in [3.8, 4) is 0 Å². The third kappa shape index (κ3) is 6.94. The number of ketones is 1. The van der Waals surface area contributed by atoms with E-state index in [0.717, 1.165) is 5.19 Å². The molecule has 6 nitrogen and oxygen atoms in total. The molecule has 0 saturated carbocycles. The Morgan fingerprint density at radius 2 is 1.92 bits per heavy atom. The number of nitrogens with one attached hydrogen (secondary N) is 1. The molecule has 1 rings (SSSR count). The van der Waals surface area contributed by atoms with Gasteiger partial charge in [-0.3, -0.25) is 13.8 Å². The highest BCUT2D eigenvalue weighted by Gasteiger charge is 2.28. The van der Waals surface area contributed by atoms with Crippen LogP contribution < -0.4 is 10.7 Å². The van der Waals surface area contributed by atoms with Crippen LogP contribution in [0.3, 0.4) is 0 Å². The van der Waals surface area contributed by atoms with Crippen molar-refractivity contribution in [3.63, 3.8) is 0 Å². The van der Waals surface area contributed by atoms with Crippen molar-refractivity contribution in [2.45, 2.75) is 39.9 Å². The highest BCUT2D eigenvalue weighted by atomic mass is 35.5. The van der Waals surface area contributed by atoms with Crippen molar-refractivity contribution in [2.75, 3.05) is 19.8 Å². The Morgan fingerprint density at radius 1 is 1.24 bits per heavy atom. The van der Waals surface area contributed by atoms with E-state index in [4.69, 9.17) is 25.3 Å². The van der Waals surface area contributed by atoms with Gasteiger partial charge in [-0.2, -0.15) is 10.1 Å². The van der Waals surface area contributed by atoms with Gasteiger partial charge in [0.25, 0.3) is 0 Å². The van der Waals surface area contributed by atoms with E-state index in [2.05, 4.69) is 25.1 Å². The molecule has 0 aliphatic rings. The predicted molar refractivity (Wildman–Crippen MR) is 103 cm³/mol. The molecule has 0 bridgehead atoms. The Bertz CT molecular complexity index is 635. The van der Waals surface area contributed by atoms with Gasteiger partial charge in [0.2, 0.25) is 0 Å². The zero-order valence-corrected chi connectivity index (χ0v) is 18.1. The molecule has 1 aromatic carbocycles. The first kappa shape index (κ1) is 22.5. The third-order valence-corrected chi connectivity index (χ3v) is 7.06. The summed E-state index contributed by atoms with van der Waals surface area (Å²) in [6.45, 7) is 10.4. The van der Waals surface area contributed by atoms with Crippen molar-refractivity contribution in [1.82, 2.24) is 5.48 Å². The quantitative estimate of drug-likeness (QED) is 0.257. The molecule has 0 amide bonds. The van der Waals surface area contributed by atoms with Crippen LogP contribution in [0.5, 0.6) is 0 Å². The van der Waals surface area contributed by atoms with Crippen molar-refractivity contribution in [1.29, 1.82) is 0 Å². The van der Waals surface area contributed by atoms with Crippen LogP contribution in [0.15, 0.2) is 18.2 Å². The molecule has 0 fully saturated rings. The lowest BCUT2D eigenvalue weighted by atomic mass is 10.1. The van der Waals surface area contributed by atoms with Crippen LogP contribution >= 0.6 is 19.4 Å². The molecule has 25 heavy (non-hydrogen) atoms. The van der Waals surface area contributed by atoms with E-state index in [9.17, 15) is 9.36 Å². The van der Waals surface area contributed by atoms with Gasteiger partial charge in [0.1, 0.15) is 0 Å². The van der Waals surface area contributed by atoms with Gasteiger partial charge in [0, 0.05) is 18.5 Å². The number of rotatable bonds is 11. The smallest absolute Gasteiger partial charge is 0.294 e. The number of Topliss-reactive ketones (excluding diaryl/α,β-unsaturated/α-hetero) is 1. The number of carbonyl (C=O) groups is 1. The summed E-state index contributed by atoms with van der Waals surface area (Å²) in [4.78, 5) is 12.7. The largest absolute Gasteiger partial charge is 0.491 e. The number of hydrogen-bond acceptors (Lipinski definition) is 6. The van der Waals surface area contributed by atoms with E-state index in [1.807, 2.05) is 12.1 Å². The Kier molecular flexibility index (Phi) is 8.98. The Labute approximate surface area is 155 Å². The maximum absolute atomic E-state index is 12.7. The zero-order valence-electron chi connectivity index (χ0n) is 15.4. The molecule has 1 unspecified atom stereocenters. The molecule has 0 aliphatic carbocycles. The van der Waals surface area contributed by atoms with Gasteiger partial charge >= 0.3 is 7.82 Å². The first-order valence-corrected chi connectivity index (χ1v) is 13.6. The van der Waals surface area contributed by atoms with Crippen LogP contribution in [0.1, 0.15) is 30.6 Å². The van der Waals surface area contributed by atoms with Gasteiger partial charge in [-0.15, -0.1) is 0 Å². The molecule has 0 spiro atoms. The first-order valence-electron chi connectivity index (χ1n) is 8.27. The van der Waals surface area contributed by atoms with Crippen LogP contribution in [0.25, 0.3) is 0 Å². The van der Waals surface area contributed by atoms with Crippen molar-refractivity contribution < 1.29 is 23.0 Å². The number of phosphoric acid groups is 1. The molecule has 0 aliphatic heterocycles. The van der Waals surface area contributed by atoms with E-state index in [1.54, 1.807) is 19.9 Å². The second-order valence-corrected chi connectivity index (χ2v) is 13.4. The summed E-state index contributed by atoms with van der Waals surface area (Å²) in [5, 5.41) is 1.43. The maximum Gasteiger partial charge on any atom is 0.491 e. The summed E-state index contributed by atoms with van der Waals surface area (Å²) in [5.74, 6) is -0.144. The highest BCUT2D eigenvalue weighted by molar-refractivity contribution is 7.48. The van der Waals surface area contributed by atoms with Crippen LogP contribution in [0.4, 0.5) is 0 Å². The fraction of sp³-hybridized carbons (Fsp3) is 0.562. The summed E-state index contributed by atoms with van der Waals surface area (Å²) >= 11 is 6.26. The van der Waals surface area contributed by atoms with E-state index in [0.29, 0.717) is 17.1 Å². The molecule has 142 valence electrons. The molecular formula is C16H27ClNO5PSi. The number of hydroxylamine groups is 1. The lowest BCUT2D eigenvalue weighted by molar-refractivity contribution is 0.0725. The molecule has 0 heterocycles. The second kappa shape index (κ2) is 9.97. The number of phosphoric ester groups is 1. The monoisotopic (exact) mass is 407 g/mol. The number of carbonyl (C=O) groups excluding carboxylic acids is 1. The highest BCUT2D eigenvalue weighted by Crippen LogP contribution is 2.48. The molecule has 0 aromatic heterocycles. The minimum atomic E-state index is -3.73. The van der Waals surface area contributed by atoms with Gasteiger partial charge in [-0.1, -0.05) is 50.3 Å². The average Bonchev–Trinajstić information content (AvgIpc) is 2.52. The van der Waals surface area contributed by atoms with Gasteiger partial charge in [-0.05, 0) is 18.2 Å². The van der Waals surface area contributed by atoms with Crippen LogP contribution in [-0.2, 0) is 18.2 Å². The SMILES string of the molecule is CCNOP(=O)(OCC)OCCC(=O)c1c(Cl)cccc1[Si](C)(C)C. The minimum absolute atomic E-state index is 0.0355. The van der Waals surface area contributed by atoms with Crippen LogP contribution in [0.2, 0.25) is 24.7 Å². The molecule has 9 heteroatoms. The van der Waals surface area contributed by atoms with Crippen molar-refractivity contribution in [3.05, 3.63) is 28.8 Å². The number of halogens is 1. The maximum atomic E-state index is 12.7. The van der Waals surface area contributed by atoms with Gasteiger partial charge in [0.05, 0.1) is 26.3 Å². The number of hydrogen-bond donors (Lipinski definition) is 1. The van der Waals surface area contributed by atoms with E-state index in [-0.39, 0.29) is 25.4 Å². The van der Waals surface area contributed by atoms with E-state index < -0.39 is 15.9 Å². The van der Waals surface area contributed by atoms with Crippen LogP contribution in [-0.4, -0.2) is 33.6 Å². The molecule has 1 atom stereocenters. The predicted octanol–water partition coefficient (Wildman–Crippen LogP) is 4.16. The van der Waals surface area contributed by atoms with Gasteiger partial charge in [0.15, 0.2) is 5.78 Å². The standard InChI is InChI=1S/C16H27ClNO5PSi/c1-6-18-23-24(20,21-7-2)22-12-11-14(19)16-13(17)9-8-10-15(16)25(3,4)5/h8-10,18H,6-7,11-12H2,1-5H3.